The maximum absolute atomic E-state index is 12.4. The quantitative estimate of drug-likeness (QED) is 0.639. The summed E-state index contributed by atoms with van der Waals surface area (Å²) in [6, 6.07) is 24.0. The number of anilines is 2. The van der Waals surface area contributed by atoms with Crippen LogP contribution in [0.1, 0.15) is 22.3 Å². The first-order valence-electron chi connectivity index (χ1n) is 9.04. The number of nitrogens with one attached hydrogen (secondary N) is 2. The topological polar surface area (TPSA) is 67.4 Å². The molecule has 2 amide bonds. The normalized spacial score (nSPS) is 10.2. The van der Waals surface area contributed by atoms with Gasteiger partial charge in [0, 0.05) is 17.8 Å². The summed E-state index contributed by atoms with van der Waals surface area (Å²) in [5.41, 5.74) is 2.92. The number of carbonyl (C=O) groups is 2. The Morgan fingerprint density at radius 2 is 1.39 bits per heavy atom. The molecule has 3 rings (SSSR count). The van der Waals surface area contributed by atoms with Crippen molar-refractivity contribution >= 4 is 23.2 Å². The van der Waals surface area contributed by atoms with Crippen LogP contribution in [0.25, 0.3) is 0 Å². The first-order chi connectivity index (χ1) is 13.7. The predicted molar refractivity (Wildman–Crippen MR) is 111 cm³/mol. The Morgan fingerprint density at radius 1 is 0.786 bits per heavy atom. The molecule has 0 spiro atoms. The molecule has 0 bridgehead atoms. The molecule has 5 nitrogen and oxygen atoms in total. The number of benzene rings is 3. The van der Waals surface area contributed by atoms with Gasteiger partial charge < -0.3 is 15.4 Å². The van der Waals surface area contributed by atoms with Gasteiger partial charge in [-0.3, -0.25) is 9.59 Å². The second-order valence-corrected chi connectivity index (χ2v) is 6.27. The molecule has 3 aromatic carbocycles. The van der Waals surface area contributed by atoms with E-state index >= 15 is 0 Å². The van der Waals surface area contributed by atoms with E-state index in [0.29, 0.717) is 35.5 Å². The highest BCUT2D eigenvalue weighted by Gasteiger charge is 2.11. The molecule has 0 radical (unpaired) electrons. The van der Waals surface area contributed by atoms with Crippen LogP contribution in [0, 0.1) is 0 Å². The lowest BCUT2D eigenvalue weighted by Crippen LogP contribution is -2.14. The van der Waals surface area contributed by atoms with E-state index < -0.39 is 0 Å². The molecule has 0 saturated heterocycles. The van der Waals surface area contributed by atoms with E-state index in [1.807, 2.05) is 36.4 Å². The highest BCUT2D eigenvalue weighted by molar-refractivity contribution is 6.06. The summed E-state index contributed by atoms with van der Waals surface area (Å²) in [5.74, 6) is 0.217. The molecule has 0 aliphatic carbocycles. The number of rotatable bonds is 7. The van der Waals surface area contributed by atoms with Crippen LogP contribution >= 0.6 is 0 Å². The van der Waals surface area contributed by atoms with Gasteiger partial charge in [-0.05, 0) is 48.4 Å². The minimum atomic E-state index is -0.253. The number of carbonyl (C=O) groups excluding carboxylic acids is 2. The van der Waals surface area contributed by atoms with Crippen molar-refractivity contribution in [2.75, 3.05) is 17.7 Å². The van der Waals surface area contributed by atoms with Crippen molar-refractivity contribution in [1.29, 1.82) is 0 Å². The van der Waals surface area contributed by atoms with Gasteiger partial charge in [-0.25, -0.2) is 0 Å². The number of ether oxygens (including phenoxy) is 1. The largest absolute Gasteiger partial charge is 0.496 e. The molecule has 3 aromatic rings. The Balaban J connectivity index is 1.54. The Labute approximate surface area is 164 Å². The zero-order valence-electron chi connectivity index (χ0n) is 15.6. The Bertz CT molecular complexity index is 938. The molecular weight excluding hydrogens is 352 g/mol. The minimum absolute atomic E-state index is 0.0466. The lowest BCUT2D eigenvalue weighted by Gasteiger charge is -2.10. The van der Waals surface area contributed by atoms with Crippen LogP contribution in [0.4, 0.5) is 11.4 Å². The standard InChI is InChI=1S/C23H22N2O3/c1-28-21-10-6-5-9-20(21)23(27)25-19-14-12-18(13-15-19)24-22(26)16-11-17-7-3-2-4-8-17/h2-10,12-15H,11,16H2,1H3,(H,24,26)(H,25,27). The number of amides is 2. The van der Waals surface area contributed by atoms with E-state index in [2.05, 4.69) is 10.6 Å². The Hall–Kier alpha value is -3.60. The third-order valence-electron chi connectivity index (χ3n) is 4.26. The number of hydrogen-bond donors (Lipinski definition) is 2. The summed E-state index contributed by atoms with van der Waals surface area (Å²) in [6.45, 7) is 0. The molecule has 2 N–H and O–H groups in total. The third kappa shape index (κ3) is 5.20. The van der Waals surface area contributed by atoms with E-state index in [0.717, 1.165) is 5.56 Å². The van der Waals surface area contributed by atoms with Crippen molar-refractivity contribution in [3.63, 3.8) is 0 Å². The van der Waals surface area contributed by atoms with E-state index in [1.54, 1.807) is 42.5 Å². The smallest absolute Gasteiger partial charge is 0.259 e. The summed E-state index contributed by atoms with van der Waals surface area (Å²) in [7, 11) is 1.53. The first kappa shape index (κ1) is 19.2. The summed E-state index contributed by atoms with van der Waals surface area (Å²) >= 11 is 0. The second kappa shape index (κ2) is 9.37. The maximum Gasteiger partial charge on any atom is 0.259 e. The average Bonchev–Trinajstić information content (AvgIpc) is 2.74. The van der Waals surface area contributed by atoms with Gasteiger partial charge in [0.05, 0.1) is 12.7 Å². The predicted octanol–water partition coefficient (Wildman–Crippen LogP) is 4.52. The van der Waals surface area contributed by atoms with Crippen LogP contribution in [0.15, 0.2) is 78.9 Å². The fourth-order valence-corrected chi connectivity index (χ4v) is 2.79. The van der Waals surface area contributed by atoms with Crippen molar-refractivity contribution < 1.29 is 14.3 Å². The zero-order chi connectivity index (χ0) is 19.8. The van der Waals surface area contributed by atoms with Gasteiger partial charge in [-0.2, -0.15) is 0 Å². The van der Waals surface area contributed by atoms with Crippen LogP contribution < -0.4 is 15.4 Å². The van der Waals surface area contributed by atoms with Gasteiger partial charge in [0.25, 0.3) is 5.91 Å². The molecule has 0 fully saturated rings. The van der Waals surface area contributed by atoms with Crippen LogP contribution in [-0.2, 0) is 11.2 Å². The number of aryl methyl sites for hydroxylation is 1. The first-order valence-corrected chi connectivity index (χ1v) is 9.04. The molecule has 0 saturated carbocycles. The van der Waals surface area contributed by atoms with E-state index in [4.69, 9.17) is 4.74 Å². The highest BCUT2D eigenvalue weighted by atomic mass is 16.5. The molecule has 0 heterocycles. The molecule has 5 heteroatoms. The summed E-state index contributed by atoms with van der Waals surface area (Å²) in [6.07, 6.45) is 1.11. The van der Waals surface area contributed by atoms with E-state index in [1.165, 1.54) is 7.11 Å². The van der Waals surface area contributed by atoms with Gasteiger partial charge in [0.1, 0.15) is 5.75 Å². The Kier molecular flexibility index (Phi) is 6.41. The van der Waals surface area contributed by atoms with Gasteiger partial charge in [-0.15, -0.1) is 0 Å². The molecule has 0 unspecified atom stereocenters. The molecule has 0 aromatic heterocycles. The fourth-order valence-electron chi connectivity index (χ4n) is 2.79. The van der Waals surface area contributed by atoms with Crippen molar-refractivity contribution in [3.8, 4) is 5.75 Å². The molecule has 0 atom stereocenters. The second-order valence-electron chi connectivity index (χ2n) is 6.27. The van der Waals surface area contributed by atoms with Crippen LogP contribution in [0.2, 0.25) is 0 Å². The number of hydrogen-bond acceptors (Lipinski definition) is 3. The molecule has 28 heavy (non-hydrogen) atoms. The van der Waals surface area contributed by atoms with Crippen LogP contribution in [0.3, 0.4) is 0 Å². The average molecular weight is 374 g/mol. The molecule has 0 aliphatic rings. The minimum Gasteiger partial charge on any atom is -0.496 e. The Morgan fingerprint density at radius 3 is 2.07 bits per heavy atom. The van der Waals surface area contributed by atoms with Crippen molar-refractivity contribution in [1.82, 2.24) is 0 Å². The molecule has 0 aliphatic heterocycles. The lowest BCUT2D eigenvalue weighted by atomic mass is 10.1. The van der Waals surface area contributed by atoms with Crippen LogP contribution in [-0.4, -0.2) is 18.9 Å². The molecular formula is C23H22N2O3. The summed E-state index contributed by atoms with van der Waals surface area (Å²) < 4.78 is 5.21. The van der Waals surface area contributed by atoms with Gasteiger partial charge in [0.2, 0.25) is 5.91 Å². The fraction of sp³-hybridized carbons (Fsp3) is 0.130. The summed E-state index contributed by atoms with van der Waals surface area (Å²) in [5, 5.41) is 5.70. The van der Waals surface area contributed by atoms with Gasteiger partial charge in [0.15, 0.2) is 0 Å². The van der Waals surface area contributed by atoms with Crippen molar-refractivity contribution in [3.05, 3.63) is 90.0 Å². The van der Waals surface area contributed by atoms with E-state index in [9.17, 15) is 9.59 Å². The highest BCUT2D eigenvalue weighted by Crippen LogP contribution is 2.20. The zero-order valence-corrected chi connectivity index (χ0v) is 15.6. The van der Waals surface area contributed by atoms with Crippen molar-refractivity contribution in [2.24, 2.45) is 0 Å². The monoisotopic (exact) mass is 374 g/mol. The van der Waals surface area contributed by atoms with Gasteiger partial charge in [-0.1, -0.05) is 42.5 Å². The molecule has 142 valence electrons. The van der Waals surface area contributed by atoms with Crippen LogP contribution in [0.5, 0.6) is 5.75 Å². The number of methoxy groups -OCH3 is 1. The SMILES string of the molecule is COc1ccccc1C(=O)Nc1ccc(NC(=O)CCc2ccccc2)cc1. The van der Waals surface area contributed by atoms with Crippen molar-refractivity contribution in [2.45, 2.75) is 12.8 Å². The van der Waals surface area contributed by atoms with Gasteiger partial charge >= 0.3 is 0 Å². The third-order valence-corrected chi connectivity index (χ3v) is 4.26. The van der Waals surface area contributed by atoms with E-state index in [-0.39, 0.29) is 11.8 Å². The number of para-hydroxylation sites is 1. The maximum atomic E-state index is 12.4. The lowest BCUT2D eigenvalue weighted by molar-refractivity contribution is -0.116. The summed E-state index contributed by atoms with van der Waals surface area (Å²) in [4.78, 5) is 24.5.